The zero-order valence-corrected chi connectivity index (χ0v) is 16.6. The summed E-state index contributed by atoms with van der Waals surface area (Å²) in [5.74, 6) is -0.876. The van der Waals surface area contributed by atoms with Gasteiger partial charge in [0.05, 0.1) is 47.0 Å². The Morgan fingerprint density at radius 3 is 2.77 bits per heavy atom. The fourth-order valence-corrected chi connectivity index (χ4v) is 3.55. The van der Waals surface area contributed by atoms with Crippen molar-refractivity contribution < 1.29 is 9.18 Å². The largest absolute Gasteiger partial charge is 0.382 e. The quantitative estimate of drug-likeness (QED) is 0.487. The second-order valence-electron chi connectivity index (χ2n) is 7.22. The van der Waals surface area contributed by atoms with Crippen LogP contribution in [0.1, 0.15) is 16.1 Å². The number of rotatable bonds is 4. The highest BCUT2D eigenvalue weighted by atomic mass is 19.1. The average molecular weight is 415 g/mol. The minimum absolute atomic E-state index is 0.0564. The third-order valence-corrected chi connectivity index (χ3v) is 5.11. The molecule has 0 bridgehead atoms. The number of nitrogens with two attached hydrogens (primary N) is 1. The van der Waals surface area contributed by atoms with Crippen molar-refractivity contribution in [1.82, 2.24) is 29.0 Å². The first-order valence-electron chi connectivity index (χ1n) is 9.57. The Balaban J connectivity index is 1.45. The third kappa shape index (κ3) is 3.25. The van der Waals surface area contributed by atoms with Gasteiger partial charge in [-0.25, -0.2) is 19.0 Å². The number of aromatic nitrogens is 5. The van der Waals surface area contributed by atoms with E-state index in [9.17, 15) is 9.18 Å². The molecule has 0 spiro atoms. The summed E-state index contributed by atoms with van der Waals surface area (Å²) in [4.78, 5) is 22.7. The Morgan fingerprint density at radius 1 is 1.16 bits per heavy atom. The average Bonchev–Trinajstić information content (AvgIpc) is 3.44. The second-order valence-corrected chi connectivity index (χ2v) is 7.22. The lowest BCUT2D eigenvalue weighted by atomic mass is 10.1. The van der Waals surface area contributed by atoms with E-state index in [1.165, 1.54) is 17.0 Å². The molecule has 0 aliphatic rings. The van der Waals surface area contributed by atoms with Crippen molar-refractivity contribution in [2.75, 3.05) is 12.8 Å². The summed E-state index contributed by atoms with van der Waals surface area (Å²) in [6.07, 6.45) is 4.95. The zero-order chi connectivity index (χ0) is 21.5. The van der Waals surface area contributed by atoms with Gasteiger partial charge in [-0.05, 0) is 24.3 Å². The van der Waals surface area contributed by atoms with Crippen LogP contribution in [0.15, 0.2) is 67.3 Å². The molecule has 31 heavy (non-hydrogen) atoms. The van der Waals surface area contributed by atoms with Gasteiger partial charge < -0.3 is 10.6 Å². The molecular weight excluding hydrogens is 397 g/mol. The number of para-hydroxylation sites is 1. The van der Waals surface area contributed by atoms with E-state index in [0.29, 0.717) is 22.2 Å². The molecule has 0 saturated carbocycles. The normalized spacial score (nSPS) is 11.3. The molecule has 0 unspecified atom stereocenters. The van der Waals surface area contributed by atoms with Crippen molar-refractivity contribution in [3.05, 3.63) is 84.3 Å². The van der Waals surface area contributed by atoms with E-state index in [-0.39, 0.29) is 17.9 Å². The van der Waals surface area contributed by atoms with Gasteiger partial charge in [0.1, 0.15) is 17.2 Å². The van der Waals surface area contributed by atoms with Gasteiger partial charge in [-0.3, -0.25) is 9.20 Å². The van der Waals surface area contributed by atoms with E-state index in [1.807, 2.05) is 42.6 Å². The maximum atomic E-state index is 14.8. The lowest BCUT2D eigenvalue weighted by Gasteiger charge is -2.17. The molecule has 3 aromatic heterocycles. The van der Waals surface area contributed by atoms with Crippen molar-refractivity contribution >= 4 is 28.3 Å². The summed E-state index contributed by atoms with van der Waals surface area (Å²) >= 11 is 0. The van der Waals surface area contributed by atoms with Crippen molar-refractivity contribution in [2.45, 2.75) is 6.54 Å². The Morgan fingerprint density at radius 2 is 1.97 bits per heavy atom. The van der Waals surface area contributed by atoms with Gasteiger partial charge in [0.2, 0.25) is 0 Å². The number of hydrogen-bond acceptors (Lipinski definition) is 5. The van der Waals surface area contributed by atoms with Crippen LogP contribution < -0.4 is 5.73 Å². The SMILES string of the molecule is CN(Cc1ccn(-c2ccccc2)n1)C(=O)c1cc2c(cc1F)nc(N)c1cncn12. The molecule has 2 aromatic carbocycles. The third-order valence-electron chi connectivity index (χ3n) is 5.11. The number of nitrogens with zero attached hydrogens (tertiary/aromatic N) is 6. The van der Waals surface area contributed by atoms with E-state index in [2.05, 4.69) is 15.1 Å². The van der Waals surface area contributed by atoms with E-state index >= 15 is 0 Å². The molecule has 0 radical (unpaired) electrons. The molecular formula is C22H18FN7O. The number of hydrogen-bond donors (Lipinski definition) is 1. The Hall–Kier alpha value is -4.27. The minimum Gasteiger partial charge on any atom is -0.382 e. The first-order chi connectivity index (χ1) is 15.0. The number of carbonyl (C=O) groups excluding carboxylic acids is 1. The van der Waals surface area contributed by atoms with Gasteiger partial charge in [0, 0.05) is 19.3 Å². The van der Waals surface area contributed by atoms with Gasteiger partial charge in [-0.1, -0.05) is 18.2 Å². The molecule has 0 aliphatic carbocycles. The van der Waals surface area contributed by atoms with Crippen molar-refractivity contribution in [3.8, 4) is 5.69 Å². The fraction of sp³-hybridized carbons (Fsp3) is 0.0909. The number of amides is 1. The smallest absolute Gasteiger partial charge is 0.257 e. The molecule has 154 valence electrons. The highest BCUT2D eigenvalue weighted by Crippen LogP contribution is 2.23. The first kappa shape index (κ1) is 18.7. The molecule has 2 N–H and O–H groups in total. The molecule has 0 aliphatic heterocycles. The topological polar surface area (TPSA) is 94.3 Å². The maximum Gasteiger partial charge on any atom is 0.257 e. The fourth-order valence-electron chi connectivity index (χ4n) is 3.55. The number of carbonyl (C=O) groups is 1. The van der Waals surface area contributed by atoms with Gasteiger partial charge in [-0.2, -0.15) is 5.10 Å². The second kappa shape index (κ2) is 7.21. The number of imidazole rings is 1. The Labute approximate surface area is 176 Å². The number of anilines is 1. The van der Waals surface area contributed by atoms with E-state index in [4.69, 9.17) is 5.73 Å². The standard InChI is InChI=1S/C22H18FN7O/c1-28(12-14-7-8-30(27-14)15-5-3-2-4-6-15)22(31)16-9-19-18(10-17(16)23)26-21(24)20-11-25-13-29(19)20/h2-11,13H,12H2,1H3,(H2,24,26). The summed E-state index contributed by atoms with van der Waals surface area (Å²) < 4.78 is 18.2. The summed E-state index contributed by atoms with van der Waals surface area (Å²) in [7, 11) is 1.61. The molecule has 0 fully saturated rings. The van der Waals surface area contributed by atoms with Crippen LogP contribution in [0.4, 0.5) is 10.2 Å². The van der Waals surface area contributed by atoms with E-state index in [1.54, 1.807) is 28.7 Å². The van der Waals surface area contributed by atoms with Crippen molar-refractivity contribution in [3.63, 3.8) is 0 Å². The summed E-state index contributed by atoms with van der Waals surface area (Å²) in [5, 5.41) is 4.51. The number of nitrogen functional groups attached to an aromatic ring is 1. The van der Waals surface area contributed by atoms with Gasteiger partial charge in [-0.15, -0.1) is 0 Å². The molecule has 5 aromatic rings. The number of halogens is 1. The zero-order valence-electron chi connectivity index (χ0n) is 16.6. The number of fused-ring (bicyclic) bond motifs is 3. The van der Waals surface area contributed by atoms with Gasteiger partial charge in [0.25, 0.3) is 5.91 Å². The Kier molecular flexibility index (Phi) is 4.36. The highest BCUT2D eigenvalue weighted by Gasteiger charge is 2.20. The predicted octanol–water partition coefficient (Wildman–Crippen LogP) is 3.06. The lowest BCUT2D eigenvalue weighted by Crippen LogP contribution is -2.27. The summed E-state index contributed by atoms with van der Waals surface area (Å²) in [5.41, 5.74) is 8.95. The lowest BCUT2D eigenvalue weighted by molar-refractivity contribution is 0.0779. The highest BCUT2D eigenvalue weighted by molar-refractivity contribution is 5.98. The molecule has 5 rings (SSSR count). The summed E-state index contributed by atoms with van der Waals surface area (Å²) in [6.45, 7) is 0.233. The molecule has 1 amide bonds. The Bertz CT molecular complexity index is 1420. The molecule has 8 nitrogen and oxygen atoms in total. The summed E-state index contributed by atoms with van der Waals surface area (Å²) in [6, 6.07) is 14.2. The molecule has 3 heterocycles. The molecule has 0 atom stereocenters. The van der Waals surface area contributed by atoms with Crippen LogP contribution in [0.25, 0.3) is 22.2 Å². The van der Waals surface area contributed by atoms with Crippen LogP contribution in [0.2, 0.25) is 0 Å². The van der Waals surface area contributed by atoms with Crippen LogP contribution in [0.3, 0.4) is 0 Å². The van der Waals surface area contributed by atoms with Crippen LogP contribution in [0, 0.1) is 5.82 Å². The van der Waals surface area contributed by atoms with Crippen molar-refractivity contribution in [1.29, 1.82) is 0 Å². The predicted molar refractivity (Wildman–Crippen MR) is 114 cm³/mol. The monoisotopic (exact) mass is 415 g/mol. The first-order valence-corrected chi connectivity index (χ1v) is 9.57. The van der Waals surface area contributed by atoms with Crippen LogP contribution in [-0.2, 0) is 6.54 Å². The van der Waals surface area contributed by atoms with Gasteiger partial charge >= 0.3 is 0 Å². The van der Waals surface area contributed by atoms with E-state index in [0.717, 1.165) is 5.69 Å². The van der Waals surface area contributed by atoms with Crippen LogP contribution in [-0.4, -0.2) is 42.0 Å². The van der Waals surface area contributed by atoms with Crippen molar-refractivity contribution in [2.24, 2.45) is 0 Å². The molecule has 0 saturated heterocycles. The maximum absolute atomic E-state index is 14.8. The molecule has 9 heteroatoms. The van der Waals surface area contributed by atoms with E-state index < -0.39 is 11.7 Å². The minimum atomic E-state index is -0.662. The van der Waals surface area contributed by atoms with Crippen LogP contribution >= 0.6 is 0 Å². The van der Waals surface area contributed by atoms with Crippen LogP contribution in [0.5, 0.6) is 0 Å². The number of benzene rings is 2. The van der Waals surface area contributed by atoms with Gasteiger partial charge in [0.15, 0.2) is 0 Å².